The lowest BCUT2D eigenvalue weighted by molar-refractivity contribution is 0.0127. The number of nitrogens with zero attached hydrogens (tertiary/aromatic N) is 1. The van der Waals surface area contributed by atoms with E-state index in [1.807, 2.05) is 0 Å². The number of oxazole rings is 1. The molecule has 1 saturated heterocycles. The van der Waals surface area contributed by atoms with E-state index in [1.165, 1.54) is 6.39 Å². The molecule has 0 aromatic carbocycles. The van der Waals surface area contributed by atoms with Crippen LogP contribution >= 0.6 is 0 Å². The Kier molecular flexibility index (Phi) is 3.16. The van der Waals surface area contributed by atoms with Crippen LogP contribution < -0.4 is 5.32 Å². The molecule has 0 amide bonds. The standard InChI is InChI=1S/C10H16N2O2/c1-8-4-9(2-3-13-8)12-6-10-5-11-7-14-10/h5,7-9,12H,2-4,6H2,1H3. The fraction of sp³-hybridized carbons (Fsp3) is 0.700. The van der Waals surface area contributed by atoms with Crippen LogP contribution in [0.5, 0.6) is 0 Å². The molecule has 1 N–H and O–H groups in total. The molecule has 4 nitrogen and oxygen atoms in total. The van der Waals surface area contributed by atoms with Crippen LogP contribution in [0.4, 0.5) is 0 Å². The maximum atomic E-state index is 5.47. The molecule has 14 heavy (non-hydrogen) atoms. The fourth-order valence-corrected chi connectivity index (χ4v) is 1.76. The smallest absolute Gasteiger partial charge is 0.180 e. The van der Waals surface area contributed by atoms with E-state index in [9.17, 15) is 0 Å². The monoisotopic (exact) mass is 196 g/mol. The fourth-order valence-electron chi connectivity index (χ4n) is 1.76. The Bertz CT molecular complexity index is 261. The maximum absolute atomic E-state index is 5.47. The first-order valence-electron chi connectivity index (χ1n) is 5.07. The number of hydrogen-bond acceptors (Lipinski definition) is 4. The molecule has 1 aliphatic heterocycles. The Balaban J connectivity index is 1.75. The zero-order valence-corrected chi connectivity index (χ0v) is 8.40. The van der Waals surface area contributed by atoms with Gasteiger partial charge in [0.15, 0.2) is 6.39 Å². The van der Waals surface area contributed by atoms with Gasteiger partial charge in [0.05, 0.1) is 18.8 Å². The summed E-state index contributed by atoms with van der Waals surface area (Å²) in [6, 6.07) is 0.545. The van der Waals surface area contributed by atoms with Crippen molar-refractivity contribution in [3.63, 3.8) is 0 Å². The van der Waals surface area contributed by atoms with Gasteiger partial charge in [-0.1, -0.05) is 0 Å². The third kappa shape index (κ3) is 2.56. The predicted molar refractivity (Wildman–Crippen MR) is 51.8 cm³/mol. The van der Waals surface area contributed by atoms with E-state index >= 15 is 0 Å². The second kappa shape index (κ2) is 4.57. The van der Waals surface area contributed by atoms with E-state index in [-0.39, 0.29) is 0 Å². The minimum atomic E-state index is 0.371. The van der Waals surface area contributed by atoms with E-state index in [0.29, 0.717) is 12.1 Å². The van der Waals surface area contributed by atoms with Crippen molar-refractivity contribution >= 4 is 0 Å². The first-order valence-corrected chi connectivity index (χ1v) is 5.07. The number of nitrogens with one attached hydrogen (secondary N) is 1. The van der Waals surface area contributed by atoms with Gasteiger partial charge < -0.3 is 14.5 Å². The molecule has 1 aliphatic rings. The average Bonchev–Trinajstić information content (AvgIpc) is 2.67. The van der Waals surface area contributed by atoms with Gasteiger partial charge in [0.25, 0.3) is 0 Å². The summed E-state index contributed by atoms with van der Waals surface area (Å²) in [5, 5.41) is 3.44. The molecule has 0 radical (unpaired) electrons. The van der Waals surface area contributed by atoms with Gasteiger partial charge in [-0.3, -0.25) is 0 Å². The van der Waals surface area contributed by atoms with Crippen molar-refractivity contribution in [2.24, 2.45) is 0 Å². The Morgan fingerprint density at radius 2 is 2.57 bits per heavy atom. The van der Waals surface area contributed by atoms with Crippen molar-refractivity contribution in [2.75, 3.05) is 6.61 Å². The van der Waals surface area contributed by atoms with Crippen LogP contribution in [0.25, 0.3) is 0 Å². The minimum absolute atomic E-state index is 0.371. The molecule has 2 atom stereocenters. The molecule has 1 aromatic rings. The zero-order chi connectivity index (χ0) is 9.80. The zero-order valence-electron chi connectivity index (χ0n) is 8.40. The molecule has 2 heterocycles. The average molecular weight is 196 g/mol. The first kappa shape index (κ1) is 9.68. The van der Waals surface area contributed by atoms with Crippen molar-refractivity contribution in [1.82, 2.24) is 10.3 Å². The molecular weight excluding hydrogens is 180 g/mol. The molecule has 1 aromatic heterocycles. The van der Waals surface area contributed by atoms with Crippen LogP contribution in [0.2, 0.25) is 0 Å². The van der Waals surface area contributed by atoms with Crippen molar-refractivity contribution in [3.05, 3.63) is 18.4 Å². The van der Waals surface area contributed by atoms with E-state index in [4.69, 9.17) is 9.15 Å². The van der Waals surface area contributed by atoms with Crippen LogP contribution in [-0.4, -0.2) is 23.7 Å². The van der Waals surface area contributed by atoms with Gasteiger partial charge in [-0.25, -0.2) is 4.98 Å². The highest BCUT2D eigenvalue weighted by atomic mass is 16.5. The predicted octanol–water partition coefficient (Wildman–Crippen LogP) is 1.33. The summed E-state index contributed by atoms with van der Waals surface area (Å²) in [6.45, 7) is 3.73. The molecule has 0 spiro atoms. The second-order valence-electron chi connectivity index (χ2n) is 3.75. The third-order valence-electron chi connectivity index (χ3n) is 2.53. The molecule has 78 valence electrons. The summed E-state index contributed by atoms with van der Waals surface area (Å²) < 4.78 is 10.6. The Labute approximate surface area is 83.7 Å². The molecule has 4 heteroatoms. The van der Waals surface area contributed by atoms with Gasteiger partial charge in [0.1, 0.15) is 5.76 Å². The number of aromatic nitrogens is 1. The molecule has 0 bridgehead atoms. The van der Waals surface area contributed by atoms with Crippen LogP contribution in [0, 0.1) is 0 Å². The highest BCUT2D eigenvalue weighted by molar-refractivity contribution is 4.88. The summed E-state index contributed by atoms with van der Waals surface area (Å²) in [7, 11) is 0. The van der Waals surface area contributed by atoms with E-state index in [1.54, 1.807) is 6.20 Å². The normalized spacial score (nSPS) is 27.8. The van der Waals surface area contributed by atoms with E-state index in [0.717, 1.165) is 31.8 Å². The van der Waals surface area contributed by atoms with Gasteiger partial charge in [0.2, 0.25) is 0 Å². The van der Waals surface area contributed by atoms with Gasteiger partial charge in [-0.2, -0.15) is 0 Å². The van der Waals surface area contributed by atoms with Crippen molar-refractivity contribution < 1.29 is 9.15 Å². The summed E-state index contributed by atoms with van der Waals surface area (Å²) in [5.74, 6) is 0.893. The highest BCUT2D eigenvalue weighted by Gasteiger charge is 2.18. The van der Waals surface area contributed by atoms with E-state index in [2.05, 4.69) is 17.2 Å². The number of rotatable bonds is 3. The lowest BCUT2D eigenvalue weighted by Gasteiger charge is -2.27. The molecular formula is C10H16N2O2. The van der Waals surface area contributed by atoms with Crippen molar-refractivity contribution in [1.29, 1.82) is 0 Å². The third-order valence-corrected chi connectivity index (χ3v) is 2.53. The lowest BCUT2D eigenvalue weighted by atomic mass is 10.0. The van der Waals surface area contributed by atoms with Gasteiger partial charge >= 0.3 is 0 Å². The van der Waals surface area contributed by atoms with Gasteiger partial charge in [-0.15, -0.1) is 0 Å². The summed E-state index contributed by atoms with van der Waals surface area (Å²) in [5.41, 5.74) is 0. The minimum Gasteiger partial charge on any atom is -0.447 e. The molecule has 2 rings (SSSR count). The summed E-state index contributed by atoms with van der Waals surface area (Å²) in [4.78, 5) is 3.87. The van der Waals surface area contributed by atoms with Gasteiger partial charge in [0, 0.05) is 12.6 Å². The Morgan fingerprint density at radius 3 is 3.29 bits per heavy atom. The number of ether oxygens (including phenoxy) is 1. The summed E-state index contributed by atoms with van der Waals surface area (Å²) in [6.07, 6.45) is 5.74. The maximum Gasteiger partial charge on any atom is 0.180 e. The van der Waals surface area contributed by atoms with Crippen LogP contribution in [-0.2, 0) is 11.3 Å². The highest BCUT2D eigenvalue weighted by Crippen LogP contribution is 2.13. The number of hydrogen-bond donors (Lipinski definition) is 1. The molecule has 0 aliphatic carbocycles. The van der Waals surface area contributed by atoms with Crippen LogP contribution in [0.3, 0.4) is 0 Å². The Hall–Kier alpha value is -0.870. The Morgan fingerprint density at radius 1 is 1.64 bits per heavy atom. The van der Waals surface area contributed by atoms with Crippen molar-refractivity contribution in [2.45, 2.75) is 38.5 Å². The van der Waals surface area contributed by atoms with E-state index < -0.39 is 0 Å². The summed E-state index contributed by atoms with van der Waals surface area (Å²) >= 11 is 0. The second-order valence-corrected chi connectivity index (χ2v) is 3.75. The largest absolute Gasteiger partial charge is 0.447 e. The SMILES string of the molecule is CC1CC(NCc2cnco2)CCO1. The van der Waals surface area contributed by atoms with Gasteiger partial charge in [-0.05, 0) is 19.8 Å². The topological polar surface area (TPSA) is 47.3 Å². The lowest BCUT2D eigenvalue weighted by Crippen LogP contribution is -2.37. The van der Waals surface area contributed by atoms with Crippen LogP contribution in [0.15, 0.2) is 17.0 Å². The molecule has 0 saturated carbocycles. The molecule has 1 fully saturated rings. The molecule has 2 unspecified atom stereocenters. The quantitative estimate of drug-likeness (QED) is 0.792. The van der Waals surface area contributed by atoms with Crippen LogP contribution in [0.1, 0.15) is 25.5 Å². The van der Waals surface area contributed by atoms with Crippen molar-refractivity contribution in [3.8, 4) is 0 Å². The first-order chi connectivity index (χ1) is 6.84.